The van der Waals surface area contributed by atoms with Crippen molar-refractivity contribution in [2.24, 2.45) is 0 Å². The first-order valence-electron chi connectivity index (χ1n) is 14.5. The number of para-hydroxylation sites is 2. The van der Waals surface area contributed by atoms with Crippen LogP contribution in [0.1, 0.15) is 5.69 Å². The summed E-state index contributed by atoms with van der Waals surface area (Å²) < 4.78 is 9.12. The zero-order chi connectivity index (χ0) is 28.5. The highest BCUT2D eigenvalue weighted by atomic mass is 16.3. The molecular formula is C39H25N3O. The van der Waals surface area contributed by atoms with Crippen LogP contribution in [0, 0.1) is 6.92 Å². The number of rotatable bonds is 3. The quantitative estimate of drug-likeness (QED) is 0.205. The largest absolute Gasteiger partial charge is 0.455 e. The van der Waals surface area contributed by atoms with Gasteiger partial charge >= 0.3 is 0 Å². The Morgan fingerprint density at radius 2 is 1.28 bits per heavy atom. The Morgan fingerprint density at radius 3 is 2.14 bits per heavy atom. The van der Waals surface area contributed by atoms with Crippen LogP contribution in [0.5, 0.6) is 0 Å². The predicted octanol–water partition coefficient (Wildman–Crippen LogP) is 10.3. The second-order valence-electron chi connectivity index (χ2n) is 11.0. The summed E-state index contributed by atoms with van der Waals surface area (Å²) in [7, 11) is 0. The normalized spacial score (nSPS) is 11.8. The lowest BCUT2D eigenvalue weighted by molar-refractivity contribution is 0.673. The van der Waals surface area contributed by atoms with Crippen molar-refractivity contribution < 1.29 is 4.42 Å². The molecule has 0 unspecified atom stereocenters. The second kappa shape index (κ2) is 9.13. The Balaban J connectivity index is 1.38. The maximum absolute atomic E-state index is 6.90. The lowest BCUT2D eigenvalue weighted by Crippen LogP contribution is -2.00. The van der Waals surface area contributed by atoms with Crippen molar-refractivity contribution in [1.82, 2.24) is 14.5 Å². The molecule has 4 nitrogen and oxygen atoms in total. The van der Waals surface area contributed by atoms with Gasteiger partial charge in [-0.1, -0.05) is 103 Å². The lowest BCUT2D eigenvalue weighted by Gasteiger charge is -2.11. The standard InChI is InChI=1S/C39H25N3O/c1-24-36-34(23-33(40-24)26-12-4-2-5-13-26)41-39(42(36)28-14-6-3-7-15-28)32-18-10-17-30-31-22-21-27-20-19-25-11-8-9-16-29(25)35(27)38(31)43-37(30)32/h2-23H,1H3. The number of imidazole rings is 1. The summed E-state index contributed by atoms with van der Waals surface area (Å²) in [6, 6.07) is 46.4. The maximum atomic E-state index is 6.90. The van der Waals surface area contributed by atoms with Gasteiger partial charge in [0.25, 0.3) is 0 Å². The van der Waals surface area contributed by atoms with Crippen LogP contribution >= 0.6 is 0 Å². The predicted molar refractivity (Wildman–Crippen MR) is 177 cm³/mol. The number of aromatic nitrogens is 3. The van der Waals surface area contributed by atoms with Crippen LogP contribution in [0.25, 0.3) is 82.8 Å². The van der Waals surface area contributed by atoms with Crippen molar-refractivity contribution in [1.29, 1.82) is 0 Å². The van der Waals surface area contributed by atoms with E-state index < -0.39 is 0 Å². The molecule has 0 aliphatic carbocycles. The first-order valence-corrected chi connectivity index (χ1v) is 14.5. The van der Waals surface area contributed by atoms with Crippen molar-refractivity contribution >= 4 is 54.5 Å². The third kappa shape index (κ3) is 3.57. The van der Waals surface area contributed by atoms with E-state index in [0.717, 1.165) is 72.4 Å². The summed E-state index contributed by atoms with van der Waals surface area (Å²) in [6.07, 6.45) is 0. The number of aryl methyl sites for hydroxylation is 1. The monoisotopic (exact) mass is 551 g/mol. The molecular weight excluding hydrogens is 526 g/mol. The Kier molecular flexibility index (Phi) is 5.08. The highest BCUT2D eigenvalue weighted by Gasteiger charge is 2.22. The Labute approximate surface area is 247 Å². The fourth-order valence-electron chi connectivity index (χ4n) is 6.57. The number of furan rings is 1. The minimum Gasteiger partial charge on any atom is -0.455 e. The van der Waals surface area contributed by atoms with Gasteiger partial charge in [0.1, 0.15) is 17.0 Å². The zero-order valence-electron chi connectivity index (χ0n) is 23.5. The number of benzene rings is 6. The van der Waals surface area contributed by atoms with Gasteiger partial charge in [0.05, 0.1) is 28.0 Å². The molecule has 0 atom stereocenters. The molecule has 0 amide bonds. The van der Waals surface area contributed by atoms with Crippen LogP contribution in [0.4, 0.5) is 0 Å². The third-order valence-corrected chi connectivity index (χ3v) is 8.51. The SMILES string of the molecule is Cc1nc(-c2ccccc2)cc2nc(-c3cccc4c3oc3c4ccc4ccc5ccccc5c43)n(-c3ccccc3)c12. The van der Waals surface area contributed by atoms with Crippen molar-refractivity contribution in [3.8, 4) is 28.3 Å². The summed E-state index contributed by atoms with van der Waals surface area (Å²) >= 11 is 0. The highest BCUT2D eigenvalue weighted by Crippen LogP contribution is 2.42. The first kappa shape index (κ1) is 23.9. The van der Waals surface area contributed by atoms with Gasteiger partial charge in [-0.2, -0.15) is 0 Å². The molecule has 0 N–H and O–H groups in total. The minimum atomic E-state index is 0.829. The zero-order valence-corrected chi connectivity index (χ0v) is 23.5. The van der Waals surface area contributed by atoms with Crippen LogP contribution in [0.2, 0.25) is 0 Å². The first-order chi connectivity index (χ1) is 21.2. The van der Waals surface area contributed by atoms with E-state index in [2.05, 4.69) is 121 Å². The van der Waals surface area contributed by atoms with Gasteiger partial charge in [0.2, 0.25) is 0 Å². The van der Waals surface area contributed by atoms with Gasteiger partial charge in [-0.15, -0.1) is 0 Å². The molecule has 0 saturated carbocycles. The fourth-order valence-corrected chi connectivity index (χ4v) is 6.57. The Hall–Kier alpha value is -5.74. The van der Waals surface area contributed by atoms with Crippen LogP contribution in [0.3, 0.4) is 0 Å². The molecule has 4 heteroatoms. The molecule has 202 valence electrons. The Morgan fingerprint density at radius 1 is 0.581 bits per heavy atom. The van der Waals surface area contributed by atoms with Crippen molar-refractivity contribution in [3.05, 3.63) is 139 Å². The number of nitrogens with zero attached hydrogens (tertiary/aromatic N) is 3. The minimum absolute atomic E-state index is 0.829. The summed E-state index contributed by atoms with van der Waals surface area (Å²) in [5, 5.41) is 6.88. The summed E-state index contributed by atoms with van der Waals surface area (Å²) in [4.78, 5) is 10.3. The molecule has 0 aliphatic rings. The second-order valence-corrected chi connectivity index (χ2v) is 11.0. The molecule has 0 spiro atoms. The van der Waals surface area contributed by atoms with E-state index in [-0.39, 0.29) is 0 Å². The molecule has 3 heterocycles. The maximum Gasteiger partial charge on any atom is 0.149 e. The van der Waals surface area contributed by atoms with E-state index >= 15 is 0 Å². The van der Waals surface area contributed by atoms with E-state index in [1.807, 2.05) is 24.3 Å². The summed E-state index contributed by atoms with van der Waals surface area (Å²) in [5.74, 6) is 0.829. The molecule has 3 aromatic heterocycles. The molecule has 9 rings (SSSR count). The van der Waals surface area contributed by atoms with Crippen LogP contribution < -0.4 is 0 Å². The van der Waals surface area contributed by atoms with E-state index in [1.54, 1.807) is 0 Å². The average Bonchev–Trinajstić information content (AvgIpc) is 3.65. The van der Waals surface area contributed by atoms with Gasteiger partial charge in [-0.3, -0.25) is 9.55 Å². The number of hydrogen-bond acceptors (Lipinski definition) is 3. The van der Waals surface area contributed by atoms with Crippen LogP contribution in [-0.2, 0) is 0 Å². The number of pyridine rings is 1. The lowest BCUT2D eigenvalue weighted by atomic mass is 9.99. The van der Waals surface area contributed by atoms with Gasteiger partial charge in [0.15, 0.2) is 0 Å². The molecule has 6 aromatic carbocycles. The van der Waals surface area contributed by atoms with Crippen LogP contribution in [0.15, 0.2) is 138 Å². The molecule has 0 bridgehead atoms. The van der Waals surface area contributed by atoms with Crippen molar-refractivity contribution in [2.75, 3.05) is 0 Å². The fraction of sp³-hybridized carbons (Fsp3) is 0.0256. The molecule has 9 aromatic rings. The molecule has 0 saturated heterocycles. The summed E-state index contributed by atoms with van der Waals surface area (Å²) in [5.41, 5.74) is 8.51. The van der Waals surface area contributed by atoms with Gasteiger partial charge in [-0.25, -0.2) is 4.98 Å². The van der Waals surface area contributed by atoms with E-state index in [1.165, 1.54) is 16.2 Å². The smallest absolute Gasteiger partial charge is 0.149 e. The molecule has 0 radical (unpaired) electrons. The van der Waals surface area contributed by atoms with Crippen LogP contribution in [-0.4, -0.2) is 14.5 Å². The van der Waals surface area contributed by atoms with E-state index in [0.29, 0.717) is 0 Å². The van der Waals surface area contributed by atoms with Gasteiger partial charge < -0.3 is 4.42 Å². The average molecular weight is 552 g/mol. The van der Waals surface area contributed by atoms with Crippen molar-refractivity contribution in [2.45, 2.75) is 6.92 Å². The van der Waals surface area contributed by atoms with E-state index in [9.17, 15) is 0 Å². The number of hydrogen-bond donors (Lipinski definition) is 0. The highest BCUT2D eigenvalue weighted by molar-refractivity contribution is 6.23. The molecule has 0 aliphatic heterocycles. The topological polar surface area (TPSA) is 43.9 Å². The van der Waals surface area contributed by atoms with Gasteiger partial charge in [-0.05, 0) is 53.4 Å². The molecule has 43 heavy (non-hydrogen) atoms. The van der Waals surface area contributed by atoms with E-state index in [4.69, 9.17) is 14.4 Å². The summed E-state index contributed by atoms with van der Waals surface area (Å²) in [6.45, 7) is 2.07. The number of fused-ring (bicyclic) bond motifs is 8. The molecule has 0 fully saturated rings. The Bertz CT molecular complexity index is 2510. The third-order valence-electron chi connectivity index (χ3n) is 8.51. The van der Waals surface area contributed by atoms with Gasteiger partial charge in [0, 0.05) is 27.4 Å². The van der Waals surface area contributed by atoms with Crippen molar-refractivity contribution in [3.63, 3.8) is 0 Å².